The van der Waals surface area contributed by atoms with Crippen molar-refractivity contribution in [3.05, 3.63) is 154 Å². The molecule has 5 aromatic carbocycles. The molecule has 4 atom stereocenters. The molecule has 0 aliphatic carbocycles. The van der Waals surface area contributed by atoms with Gasteiger partial charge in [-0.15, -0.1) is 0 Å². The monoisotopic (exact) mass is 727 g/mol. The van der Waals surface area contributed by atoms with E-state index in [9.17, 15) is 9.90 Å². The van der Waals surface area contributed by atoms with Crippen LogP contribution in [0.2, 0.25) is 0 Å². The molecule has 2 amide bonds. The van der Waals surface area contributed by atoms with E-state index in [0.717, 1.165) is 76.5 Å². The van der Waals surface area contributed by atoms with Crippen LogP contribution in [-0.2, 0) is 42.1 Å². The highest BCUT2D eigenvalue weighted by atomic mass is 16.7. The van der Waals surface area contributed by atoms with E-state index in [0.29, 0.717) is 13.1 Å². The van der Waals surface area contributed by atoms with E-state index in [1.807, 2.05) is 60.7 Å². The highest BCUT2D eigenvalue weighted by Crippen LogP contribution is 2.43. The molecule has 2 heterocycles. The first kappa shape index (κ1) is 37.1. The summed E-state index contributed by atoms with van der Waals surface area (Å²) in [5, 5.41) is 15.6. The molecule has 0 bridgehead atoms. The Balaban J connectivity index is 1.08. The number of carbonyl (C=O) groups excluding carboxylic acids is 1. The Kier molecular flexibility index (Phi) is 11.9. The first-order chi connectivity index (χ1) is 26.4. The second kappa shape index (κ2) is 17.3. The zero-order chi connectivity index (χ0) is 37.4. The number of methoxy groups -OCH3 is 2. The highest BCUT2D eigenvalue weighted by molar-refractivity contribution is 5.74. The van der Waals surface area contributed by atoms with Crippen LogP contribution in [0, 0.1) is 5.92 Å². The van der Waals surface area contributed by atoms with Crippen LogP contribution in [-0.4, -0.2) is 49.5 Å². The van der Waals surface area contributed by atoms with Crippen molar-refractivity contribution in [1.29, 1.82) is 0 Å². The number of aliphatic hydroxyl groups is 1. The minimum absolute atomic E-state index is 0.00563. The summed E-state index contributed by atoms with van der Waals surface area (Å²) in [5.41, 5.74) is 9.50. The highest BCUT2D eigenvalue weighted by Gasteiger charge is 2.39. The van der Waals surface area contributed by atoms with Crippen LogP contribution >= 0.6 is 0 Å². The summed E-state index contributed by atoms with van der Waals surface area (Å²) < 4.78 is 24.9. The van der Waals surface area contributed by atoms with Crippen molar-refractivity contribution in [1.82, 2.24) is 15.5 Å². The quantitative estimate of drug-likeness (QED) is 0.121. The van der Waals surface area contributed by atoms with E-state index in [1.54, 1.807) is 14.2 Å². The van der Waals surface area contributed by atoms with E-state index >= 15 is 0 Å². The molecule has 0 unspecified atom stereocenters. The van der Waals surface area contributed by atoms with Crippen LogP contribution in [0.1, 0.15) is 58.3 Å². The second-order valence-corrected chi connectivity index (χ2v) is 14.1. The number of amides is 2. The van der Waals surface area contributed by atoms with E-state index in [1.165, 1.54) is 11.1 Å². The van der Waals surface area contributed by atoms with Gasteiger partial charge in [-0.05, 0) is 75.2 Å². The lowest BCUT2D eigenvalue weighted by Crippen LogP contribution is -2.45. The Bertz CT molecular complexity index is 2020. The molecule has 54 heavy (non-hydrogen) atoms. The van der Waals surface area contributed by atoms with E-state index < -0.39 is 6.29 Å². The number of benzene rings is 5. The molecule has 280 valence electrons. The van der Waals surface area contributed by atoms with Gasteiger partial charge in [-0.2, -0.15) is 0 Å². The Morgan fingerprint density at radius 3 is 2.13 bits per heavy atom. The zero-order valence-corrected chi connectivity index (χ0v) is 31.2. The van der Waals surface area contributed by atoms with Crippen LogP contribution in [0.5, 0.6) is 11.5 Å². The molecule has 2 aliphatic rings. The third-order valence-corrected chi connectivity index (χ3v) is 10.5. The maximum Gasteiger partial charge on any atom is 0.315 e. The summed E-state index contributed by atoms with van der Waals surface area (Å²) in [4.78, 5) is 15.0. The van der Waals surface area contributed by atoms with E-state index in [-0.39, 0.29) is 30.8 Å². The lowest BCUT2D eigenvalue weighted by molar-refractivity contribution is -0.276. The molecule has 5 aromatic rings. The normalized spacial score (nSPS) is 19.8. The number of aliphatic hydroxyl groups excluding tert-OH is 1. The van der Waals surface area contributed by atoms with Crippen molar-refractivity contribution >= 4 is 6.03 Å². The molecule has 9 heteroatoms. The van der Waals surface area contributed by atoms with Gasteiger partial charge in [-0.25, -0.2) is 4.79 Å². The van der Waals surface area contributed by atoms with Crippen LogP contribution in [0.15, 0.2) is 115 Å². The van der Waals surface area contributed by atoms with Crippen LogP contribution < -0.4 is 20.1 Å². The number of urea groups is 1. The van der Waals surface area contributed by atoms with Crippen molar-refractivity contribution in [2.24, 2.45) is 5.92 Å². The molecule has 0 aromatic heterocycles. The minimum atomic E-state index is -0.590. The Labute approximate surface area is 317 Å². The van der Waals surface area contributed by atoms with Crippen LogP contribution in [0.3, 0.4) is 0 Å². The fraction of sp³-hybridized carbons (Fsp3) is 0.311. The van der Waals surface area contributed by atoms with Gasteiger partial charge in [0.15, 0.2) is 17.8 Å². The third kappa shape index (κ3) is 8.77. The van der Waals surface area contributed by atoms with Crippen molar-refractivity contribution in [2.45, 2.75) is 58.1 Å². The van der Waals surface area contributed by atoms with Gasteiger partial charge in [0.1, 0.15) is 0 Å². The Morgan fingerprint density at radius 1 is 0.741 bits per heavy atom. The molecular formula is C45H49N3O6. The molecule has 7 rings (SSSR count). The number of nitrogens with zero attached hydrogens (tertiary/aromatic N) is 1. The van der Waals surface area contributed by atoms with Gasteiger partial charge in [0.05, 0.1) is 33.0 Å². The molecular weight excluding hydrogens is 679 g/mol. The first-order valence-corrected chi connectivity index (χ1v) is 18.6. The summed E-state index contributed by atoms with van der Waals surface area (Å²) in [6.07, 6.45) is -0.000986. The van der Waals surface area contributed by atoms with Gasteiger partial charge in [0, 0.05) is 44.2 Å². The Hall–Kier alpha value is -5.19. The molecule has 2 aliphatic heterocycles. The van der Waals surface area contributed by atoms with Gasteiger partial charge < -0.3 is 34.7 Å². The van der Waals surface area contributed by atoms with Gasteiger partial charge >= 0.3 is 6.03 Å². The van der Waals surface area contributed by atoms with E-state index in [4.69, 9.17) is 18.9 Å². The van der Waals surface area contributed by atoms with Gasteiger partial charge in [0.2, 0.25) is 0 Å². The van der Waals surface area contributed by atoms with Crippen molar-refractivity contribution < 1.29 is 28.8 Å². The average Bonchev–Trinajstić information content (AvgIpc) is 3.23. The van der Waals surface area contributed by atoms with Gasteiger partial charge in [-0.3, -0.25) is 4.90 Å². The molecule has 1 fully saturated rings. The summed E-state index contributed by atoms with van der Waals surface area (Å²) in [7, 11) is 3.35. The van der Waals surface area contributed by atoms with Crippen LogP contribution in [0.25, 0.3) is 11.1 Å². The number of carbonyl (C=O) groups is 1. The second-order valence-electron chi connectivity index (χ2n) is 14.1. The third-order valence-electron chi connectivity index (χ3n) is 10.5. The number of ether oxygens (including phenoxy) is 4. The van der Waals surface area contributed by atoms with E-state index in [2.05, 4.69) is 77.1 Å². The fourth-order valence-electron chi connectivity index (χ4n) is 7.43. The Morgan fingerprint density at radius 2 is 1.41 bits per heavy atom. The number of hydrogen-bond acceptors (Lipinski definition) is 7. The molecule has 0 saturated carbocycles. The number of fused-ring (bicyclic) bond motifs is 1. The summed E-state index contributed by atoms with van der Waals surface area (Å²) >= 11 is 0. The van der Waals surface area contributed by atoms with Gasteiger partial charge in [0.25, 0.3) is 0 Å². The minimum Gasteiger partial charge on any atom is -0.493 e. The van der Waals surface area contributed by atoms with Crippen molar-refractivity contribution in [3.63, 3.8) is 0 Å². The van der Waals surface area contributed by atoms with Crippen molar-refractivity contribution in [2.75, 3.05) is 27.3 Å². The number of hydrogen-bond donors (Lipinski definition) is 3. The lowest BCUT2D eigenvalue weighted by atomic mass is 9.89. The topological polar surface area (TPSA) is 102 Å². The smallest absolute Gasteiger partial charge is 0.315 e. The standard InChI is InChI=1S/C45H49N3O6/c1-30-42(28-48-20-19-37-23-40(51-2)41(52-3)24-39(37)27-48)53-44(54-43(30)34-17-15-32(29-49)16-18-34)38-14-8-13-36(22-38)35-12-7-11-33(21-35)26-47-45(50)46-25-31-9-5-4-6-10-31/h4-18,21-24,30,42-44,49H,19-20,25-29H2,1-3H3,(H2,46,47,50)/t30-,42+,43+,44+/m0/s1. The number of nitrogens with one attached hydrogen (secondary N) is 2. The summed E-state index contributed by atoms with van der Waals surface area (Å²) in [6.45, 7) is 5.51. The fourth-order valence-corrected chi connectivity index (χ4v) is 7.43. The average molecular weight is 728 g/mol. The molecule has 0 spiro atoms. The summed E-state index contributed by atoms with van der Waals surface area (Å²) in [5.74, 6) is 1.56. The molecule has 0 radical (unpaired) electrons. The van der Waals surface area contributed by atoms with Crippen LogP contribution in [0.4, 0.5) is 4.79 Å². The maximum atomic E-state index is 12.5. The zero-order valence-electron chi connectivity index (χ0n) is 31.2. The number of rotatable bonds is 12. The largest absolute Gasteiger partial charge is 0.493 e. The van der Waals surface area contributed by atoms with Crippen molar-refractivity contribution in [3.8, 4) is 22.6 Å². The predicted molar refractivity (Wildman–Crippen MR) is 209 cm³/mol. The molecule has 1 saturated heterocycles. The predicted octanol–water partition coefficient (Wildman–Crippen LogP) is 7.71. The SMILES string of the molecule is COc1cc2c(cc1OC)CN(C[C@H]1O[C@@H](c3cccc(-c4cccc(CNC(=O)NCc5ccccc5)c4)c3)O[C@@H](c3ccc(CO)cc3)[C@H]1C)CC2. The molecule has 3 N–H and O–H groups in total. The molecule has 9 nitrogen and oxygen atoms in total. The maximum absolute atomic E-state index is 12.5. The lowest BCUT2D eigenvalue weighted by Gasteiger charge is -2.43. The first-order valence-electron chi connectivity index (χ1n) is 18.6. The summed E-state index contributed by atoms with van der Waals surface area (Å²) in [6, 6.07) is 38.4. The van der Waals surface area contributed by atoms with Gasteiger partial charge in [-0.1, -0.05) is 97.9 Å².